The van der Waals surface area contributed by atoms with Crippen molar-refractivity contribution in [1.29, 1.82) is 0 Å². The summed E-state index contributed by atoms with van der Waals surface area (Å²) in [7, 11) is 1.28. The highest BCUT2D eigenvalue weighted by Gasteiger charge is 2.14. The Bertz CT molecular complexity index is 1120. The van der Waals surface area contributed by atoms with Gasteiger partial charge in [0.25, 0.3) is 5.56 Å². The Morgan fingerprint density at radius 3 is 2.63 bits per heavy atom. The number of esters is 1. The topological polar surface area (TPSA) is 90.3 Å². The normalized spacial score (nSPS) is 10.7. The third kappa shape index (κ3) is 5.44. The number of carbonyl (C=O) groups is 2. The predicted octanol–water partition coefficient (Wildman–Crippen LogP) is 2.51. The number of fused-ring (bicyclic) bond motifs is 1. The van der Waals surface area contributed by atoms with E-state index in [-0.39, 0.29) is 42.5 Å². The van der Waals surface area contributed by atoms with Crippen molar-refractivity contribution in [3.05, 3.63) is 70.3 Å². The summed E-state index contributed by atoms with van der Waals surface area (Å²) >= 11 is 1.11. The van der Waals surface area contributed by atoms with Gasteiger partial charge in [0.1, 0.15) is 5.82 Å². The first-order valence-corrected chi connectivity index (χ1v) is 10.2. The molecule has 0 bridgehead atoms. The molecule has 1 amide bonds. The van der Waals surface area contributed by atoms with E-state index in [9.17, 15) is 18.8 Å². The summed E-state index contributed by atoms with van der Waals surface area (Å²) in [6.45, 7) is 0.364. The number of para-hydroxylation sites is 1. The number of aromatic nitrogens is 2. The predicted molar refractivity (Wildman–Crippen MR) is 112 cm³/mol. The van der Waals surface area contributed by atoms with E-state index in [0.29, 0.717) is 16.1 Å². The van der Waals surface area contributed by atoms with Crippen LogP contribution >= 0.6 is 11.8 Å². The van der Waals surface area contributed by atoms with Gasteiger partial charge in [-0.1, -0.05) is 36.0 Å². The zero-order valence-corrected chi connectivity index (χ0v) is 17.1. The second-order valence-electron chi connectivity index (χ2n) is 6.39. The third-order valence-electron chi connectivity index (χ3n) is 4.33. The molecule has 0 aliphatic rings. The number of ether oxygens (including phenoxy) is 1. The van der Waals surface area contributed by atoms with Crippen LogP contribution in [0.3, 0.4) is 0 Å². The molecule has 3 rings (SSSR count). The molecule has 0 aliphatic carbocycles. The Balaban J connectivity index is 1.73. The molecule has 30 heavy (non-hydrogen) atoms. The van der Waals surface area contributed by atoms with Crippen molar-refractivity contribution >= 4 is 34.5 Å². The van der Waals surface area contributed by atoms with E-state index in [4.69, 9.17) is 0 Å². The summed E-state index contributed by atoms with van der Waals surface area (Å²) in [6.07, 6.45) is 0.0146. The molecule has 0 aliphatic heterocycles. The van der Waals surface area contributed by atoms with E-state index in [1.807, 2.05) is 0 Å². The molecule has 7 nitrogen and oxygen atoms in total. The summed E-state index contributed by atoms with van der Waals surface area (Å²) in [5.74, 6) is -1.01. The second kappa shape index (κ2) is 10.0. The maximum Gasteiger partial charge on any atom is 0.307 e. The number of nitrogens with zero attached hydrogens (tertiary/aromatic N) is 2. The van der Waals surface area contributed by atoms with Gasteiger partial charge >= 0.3 is 5.97 Å². The molecule has 0 atom stereocenters. The van der Waals surface area contributed by atoms with Crippen LogP contribution in [0.4, 0.5) is 4.39 Å². The molecule has 0 radical (unpaired) electrons. The van der Waals surface area contributed by atoms with E-state index >= 15 is 0 Å². The number of hydrogen-bond donors (Lipinski definition) is 1. The minimum absolute atomic E-state index is 0.0146. The fraction of sp³-hybridized carbons (Fsp3) is 0.238. The van der Waals surface area contributed by atoms with Gasteiger partial charge in [-0.25, -0.2) is 9.37 Å². The van der Waals surface area contributed by atoms with E-state index in [1.54, 1.807) is 36.4 Å². The van der Waals surface area contributed by atoms with Gasteiger partial charge in [0, 0.05) is 13.1 Å². The third-order valence-corrected chi connectivity index (χ3v) is 5.31. The number of halogens is 1. The Morgan fingerprint density at radius 2 is 1.90 bits per heavy atom. The Kier molecular flexibility index (Phi) is 7.18. The number of methoxy groups -OCH3 is 1. The Hall–Kier alpha value is -3.20. The Morgan fingerprint density at radius 1 is 1.17 bits per heavy atom. The lowest BCUT2D eigenvalue weighted by atomic mass is 10.2. The number of rotatable bonds is 8. The molecular weight excluding hydrogens is 409 g/mol. The number of amides is 1. The van der Waals surface area contributed by atoms with Gasteiger partial charge < -0.3 is 10.1 Å². The maximum absolute atomic E-state index is 13.0. The van der Waals surface area contributed by atoms with Gasteiger partial charge in [-0.05, 0) is 29.8 Å². The van der Waals surface area contributed by atoms with E-state index in [0.717, 1.165) is 17.3 Å². The van der Waals surface area contributed by atoms with Crippen molar-refractivity contribution < 1.29 is 18.7 Å². The molecule has 2 aromatic carbocycles. The number of benzene rings is 2. The molecular formula is C21H20FN3O4S. The summed E-state index contributed by atoms with van der Waals surface area (Å²) in [6, 6.07) is 12.8. The van der Waals surface area contributed by atoms with E-state index in [2.05, 4.69) is 15.0 Å². The number of hydrogen-bond acceptors (Lipinski definition) is 6. The van der Waals surface area contributed by atoms with Crippen molar-refractivity contribution in [1.82, 2.24) is 14.9 Å². The van der Waals surface area contributed by atoms with Gasteiger partial charge in [-0.2, -0.15) is 0 Å². The molecule has 0 fully saturated rings. The molecule has 9 heteroatoms. The SMILES string of the molecule is COC(=O)CCn1c(SCC(=O)NCc2ccc(F)cc2)nc2ccccc2c1=O. The summed E-state index contributed by atoms with van der Waals surface area (Å²) < 4.78 is 19.0. The molecule has 0 saturated carbocycles. The van der Waals surface area contributed by atoms with E-state index < -0.39 is 5.97 Å². The monoisotopic (exact) mass is 429 g/mol. The molecule has 1 N–H and O–H groups in total. The van der Waals surface area contributed by atoms with E-state index in [1.165, 1.54) is 23.8 Å². The lowest BCUT2D eigenvalue weighted by Gasteiger charge is -2.12. The van der Waals surface area contributed by atoms with Gasteiger partial charge in [0.2, 0.25) is 5.91 Å². The zero-order valence-electron chi connectivity index (χ0n) is 16.3. The quantitative estimate of drug-likeness (QED) is 0.336. The smallest absolute Gasteiger partial charge is 0.307 e. The van der Waals surface area contributed by atoms with Crippen LogP contribution in [0.15, 0.2) is 58.5 Å². The van der Waals surface area contributed by atoms with Crippen LogP contribution in [0.2, 0.25) is 0 Å². The molecule has 0 saturated heterocycles. The zero-order chi connectivity index (χ0) is 21.5. The first-order valence-electron chi connectivity index (χ1n) is 9.18. The highest BCUT2D eigenvalue weighted by molar-refractivity contribution is 7.99. The fourth-order valence-electron chi connectivity index (χ4n) is 2.74. The summed E-state index contributed by atoms with van der Waals surface area (Å²) in [5, 5.41) is 3.53. The van der Waals surface area contributed by atoms with Crippen molar-refractivity contribution in [2.24, 2.45) is 0 Å². The van der Waals surface area contributed by atoms with Crippen molar-refractivity contribution in [3.8, 4) is 0 Å². The molecule has 0 spiro atoms. The van der Waals surface area contributed by atoms with Gasteiger partial charge in [-0.15, -0.1) is 0 Å². The molecule has 1 aromatic heterocycles. The van der Waals surface area contributed by atoms with Crippen LogP contribution in [0.5, 0.6) is 0 Å². The van der Waals surface area contributed by atoms with Crippen molar-refractivity contribution in [3.63, 3.8) is 0 Å². The van der Waals surface area contributed by atoms with Crippen LogP contribution in [-0.2, 0) is 27.4 Å². The van der Waals surface area contributed by atoms with Gasteiger partial charge in [-0.3, -0.25) is 19.0 Å². The van der Waals surface area contributed by atoms with Crippen LogP contribution in [0.25, 0.3) is 10.9 Å². The standard InChI is InChI=1S/C21H20FN3O4S/c1-29-19(27)10-11-25-20(28)16-4-2-3-5-17(16)24-21(25)30-13-18(26)23-12-14-6-8-15(22)9-7-14/h2-9H,10-13H2,1H3,(H,23,26). The van der Waals surface area contributed by atoms with Gasteiger partial charge in [0.15, 0.2) is 5.16 Å². The number of carbonyl (C=O) groups excluding carboxylic acids is 2. The van der Waals surface area contributed by atoms with Crippen molar-refractivity contribution in [2.45, 2.75) is 24.7 Å². The molecule has 0 unspecified atom stereocenters. The minimum Gasteiger partial charge on any atom is -0.469 e. The van der Waals surface area contributed by atoms with Crippen LogP contribution < -0.4 is 10.9 Å². The Labute approximate surface area is 176 Å². The highest BCUT2D eigenvalue weighted by Crippen LogP contribution is 2.18. The fourth-order valence-corrected chi connectivity index (χ4v) is 3.60. The summed E-state index contributed by atoms with van der Waals surface area (Å²) in [4.78, 5) is 41.1. The van der Waals surface area contributed by atoms with Crippen molar-refractivity contribution in [2.75, 3.05) is 12.9 Å². The second-order valence-corrected chi connectivity index (χ2v) is 7.33. The lowest BCUT2D eigenvalue weighted by molar-refractivity contribution is -0.140. The average molecular weight is 429 g/mol. The van der Waals surface area contributed by atoms with Crippen LogP contribution in [0.1, 0.15) is 12.0 Å². The summed E-state index contributed by atoms with van der Waals surface area (Å²) in [5.41, 5.74) is 1.01. The first kappa shape index (κ1) is 21.5. The largest absolute Gasteiger partial charge is 0.469 e. The number of nitrogens with one attached hydrogen (secondary N) is 1. The van der Waals surface area contributed by atoms with Crippen LogP contribution in [-0.4, -0.2) is 34.3 Å². The lowest BCUT2D eigenvalue weighted by Crippen LogP contribution is -2.27. The molecule has 156 valence electrons. The van der Waals surface area contributed by atoms with Crippen LogP contribution in [0, 0.1) is 5.82 Å². The maximum atomic E-state index is 13.0. The highest BCUT2D eigenvalue weighted by atomic mass is 32.2. The van der Waals surface area contributed by atoms with Gasteiger partial charge in [0.05, 0.1) is 30.2 Å². The molecule has 3 aromatic rings. The first-order chi connectivity index (χ1) is 14.5. The average Bonchev–Trinajstić information content (AvgIpc) is 2.76. The minimum atomic E-state index is -0.442. The number of thioether (sulfide) groups is 1. The molecule has 1 heterocycles.